The van der Waals surface area contributed by atoms with Gasteiger partial charge in [-0.25, -0.2) is 0 Å². The third-order valence-electron chi connectivity index (χ3n) is 7.89. The Morgan fingerprint density at radius 3 is 2.45 bits per heavy atom. The van der Waals surface area contributed by atoms with E-state index < -0.39 is 0 Å². The van der Waals surface area contributed by atoms with Crippen molar-refractivity contribution >= 4 is 33.5 Å². The first-order valence-electron chi connectivity index (χ1n) is 12.9. The molecule has 0 fully saturated rings. The molecule has 4 aromatic rings. The fourth-order valence-corrected chi connectivity index (χ4v) is 5.83. The van der Waals surface area contributed by atoms with Gasteiger partial charge in [-0.3, -0.25) is 14.9 Å². The molecule has 0 spiro atoms. The van der Waals surface area contributed by atoms with Gasteiger partial charge in [0.25, 0.3) is 5.69 Å². The monoisotopic (exact) mass is 508 g/mol. The molecule has 0 amide bonds. The summed E-state index contributed by atoms with van der Waals surface area (Å²) < 4.78 is 6.34. The maximum atomic E-state index is 13.7. The molecule has 2 N–H and O–H groups in total. The molecule has 0 saturated carbocycles. The second-order valence-electron chi connectivity index (χ2n) is 11.1. The highest BCUT2D eigenvalue weighted by Gasteiger charge is 2.37. The van der Waals surface area contributed by atoms with E-state index >= 15 is 0 Å². The lowest BCUT2D eigenvalue weighted by molar-refractivity contribution is -0.385. The molecular formula is C32H32N2O4. The van der Waals surface area contributed by atoms with E-state index in [2.05, 4.69) is 26.0 Å². The second-order valence-corrected chi connectivity index (χ2v) is 11.1. The molecule has 1 aliphatic carbocycles. The van der Waals surface area contributed by atoms with Crippen molar-refractivity contribution in [1.82, 2.24) is 0 Å². The standard InChI is InChI=1S/C32H32N2O4/c1-18-19(2)26(34(36)37)13-11-22(18)29-15-14-28(38-29)20(3)30-24(16-32(4,5)17-27(30)35)31-23-9-7-6-8-21(23)10-12-25(31)33/h6-15,20H,16-17,33H2,1-5H3/t20-/m1/s1. The van der Waals surface area contributed by atoms with Crippen LogP contribution in [0.5, 0.6) is 0 Å². The van der Waals surface area contributed by atoms with E-state index in [1.165, 1.54) is 6.07 Å². The lowest BCUT2D eigenvalue weighted by atomic mass is 9.68. The van der Waals surface area contributed by atoms with Crippen molar-refractivity contribution in [3.63, 3.8) is 0 Å². The highest BCUT2D eigenvalue weighted by molar-refractivity contribution is 6.10. The number of nitrogens with zero attached hydrogens (tertiary/aromatic N) is 1. The van der Waals surface area contributed by atoms with Gasteiger partial charge in [0.1, 0.15) is 11.5 Å². The van der Waals surface area contributed by atoms with Crippen LogP contribution in [0.25, 0.3) is 27.7 Å². The molecule has 5 rings (SSSR count). The molecule has 1 atom stereocenters. The minimum Gasteiger partial charge on any atom is -0.460 e. The highest BCUT2D eigenvalue weighted by atomic mass is 16.6. The molecule has 0 aliphatic heterocycles. The Balaban J connectivity index is 1.65. The van der Waals surface area contributed by atoms with E-state index in [4.69, 9.17) is 10.2 Å². The second kappa shape index (κ2) is 9.28. The fraction of sp³-hybridized carbons (Fsp3) is 0.281. The number of carbonyl (C=O) groups excluding carboxylic acids is 1. The molecule has 38 heavy (non-hydrogen) atoms. The average molecular weight is 509 g/mol. The van der Waals surface area contributed by atoms with Crippen LogP contribution in [-0.4, -0.2) is 10.7 Å². The van der Waals surface area contributed by atoms with Gasteiger partial charge in [0.2, 0.25) is 0 Å². The first-order valence-corrected chi connectivity index (χ1v) is 12.9. The Morgan fingerprint density at radius 2 is 1.71 bits per heavy atom. The number of benzene rings is 3. The van der Waals surface area contributed by atoms with Crippen molar-refractivity contribution in [2.45, 2.75) is 53.4 Å². The Labute approximate surface area is 222 Å². The summed E-state index contributed by atoms with van der Waals surface area (Å²) in [6.45, 7) is 9.86. The number of nitro benzene ring substituents is 1. The number of rotatable bonds is 5. The van der Waals surface area contributed by atoms with Crippen LogP contribution in [0.1, 0.15) is 62.0 Å². The molecule has 0 unspecified atom stereocenters. The molecular weight excluding hydrogens is 476 g/mol. The summed E-state index contributed by atoms with van der Waals surface area (Å²) in [5.74, 6) is 1.11. The van der Waals surface area contributed by atoms with Crippen LogP contribution >= 0.6 is 0 Å². The number of hydrogen-bond acceptors (Lipinski definition) is 5. The largest absolute Gasteiger partial charge is 0.460 e. The SMILES string of the molecule is Cc1c(-c2ccc([C@@H](C)C3=C(c4c(N)ccc5ccccc45)CC(C)(C)CC3=O)o2)ccc([N+](=O)[O-])c1C. The zero-order valence-corrected chi connectivity index (χ0v) is 22.4. The number of allylic oxidation sites excluding steroid dienone is 2. The molecule has 6 nitrogen and oxygen atoms in total. The Morgan fingerprint density at radius 1 is 0.974 bits per heavy atom. The van der Waals surface area contributed by atoms with Crippen LogP contribution in [0.3, 0.4) is 0 Å². The van der Waals surface area contributed by atoms with Gasteiger partial charge in [0.05, 0.1) is 4.92 Å². The smallest absolute Gasteiger partial charge is 0.272 e. The quantitative estimate of drug-likeness (QED) is 0.167. The van der Waals surface area contributed by atoms with Crippen molar-refractivity contribution in [2.24, 2.45) is 5.41 Å². The van der Waals surface area contributed by atoms with Gasteiger partial charge < -0.3 is 10.2 Å². The predicted molar refractivity (Wildman–Crippen MR) is 152 cm³/mol. The van der Waals surface area contributed by atoms with Crippen molar-refractivity contribution in [1.29, 1.82) is 0 Å². The number of nitro groups is 1. The van der Waals surface area contributed by atoms with Gasteiger partial charge >= 0.3 is 0 Å². The van der Waals surface area contributed by atoms with E-state index in [1.54, 1.807) is 13.0 Å². The topological polar surface area (TPSA) is 99.4 Å². The summed E-state index contributed by atoms with van der Waals surface area (Å²) in [6.07, 6.45) is 1.18. The molecule has 0 bridgehead atoms. The third kappa shape index (κ3) is 4.30. The summed E-state index contributed by atoms with van der Waals surface area (Å²) in [7, 11) is 0. The molecule has 0 saturated heterocycles. The summed E-state index contributed by atoms with van der Waals surface area (Å²) in [6, 6.07) is 19.1. The maximum Gasteiger partial charge on any atom is 0.272 e. The molecule has 3 aromatic carbocycles. The van der Waals surface area contributed by atoms with Crippen LogP contribution in [-0.2, 0) is 4.79 Å². The van der Waals surface area contributed by atoms with E-state index in [0.717, 1.165) is 45.0 Å². The maximum absolute atomic E-state index is 13.7. The van der Waals surface area contributed by atoms with Gasteiger partial charge in [0.15, 0.2) is 5.78 Å². The minimum atomic E-state index is -0.370. The summed E-state index contributed by atoms with van der Waals surface area (Å²) in [5, 5.41) is 13.5. The summed E-state index contributed by atoms with van der Waals surface area (Å²) in [4.78, 5) is 24.7. The first kappa shape index (κ1) is 25.5. The zero-order valence-electron chi connectivity index (χ0n) is 22.4. The number of furan rings is 1. The molecule has 1 aliphatic rings. The number of Topliss-reactive ketones (excluding diaryl/α,β-unsaturated/α-hetero) is 1. The van der Waals surface area contributed by atoms with Gasteiger partial charge in [0, 0.05) is 46.4 Å². The normalized spacial score (nSPS) is 16.2. The Kier molecular flexibility index (Phi) is 6.22. The van der Waals surface area contributed by atoms with Crippen molar-refractivity contribution in [2.75, 3.05) is 5.73 Å². The zero-order chi connectivity index (χ0) is 27.4. The number of ketones is 1. The van der Waals surface area contributed by atoms with Gasteiger partial charge in [-0.1, -0.05) is 51.1 Å². The van der Waals surface area contributed by atoms with Crippen LogP contribution in [0.15, 0.2) is 70.7 Å². The lowest BCUT2D eigenvalue weighted by Crippen LogP contribution is -2.27. The number of carbonyl (C=O) groups is 1. The Bertz CT molecular complexity index is 1640. The molecule has 194 valence electrons. The van der Waals surface area contributed by atoms with E-state index in [0.29, 0.717) is 29.2 Å². The van der Waals surface area contributed by atoms with Crippen molar-refractivity contribution < 1.29 is 14.1 Å². The fourth-order valence-electron chi connectivity index (χ4n) is 5.83. The predicted octanol–water partition coefficient (Wildman–Crippen LogP) is 8.15. The van der Waals surface area contributed by atoms with E-state index in [1.807, 2.05) is 50.2 Å². The van der Waals surface area contributed by atoms with Crippen molar-refractivity contribution in [3.8, 4) is 11.3 Å². The molecule has 1 heterocycles. The van der Waals surface area contributed by atoms with Gasteiger partial charge in [-0.05, 0) is 71.9 Å². The number of fused-ring (bicyclic) bond motifs is 1. The molecule has 0 radical (unpaired) electrons. The van der Waals surface area contributed by atoms with Crippen molar-refractivity contribution in [3.05, 3.63) is 98.8 Å². The van der Waals surface area contributed by atoms with Crippen LogP contribution in [0.4, 0.5) is 11.4 Å². The third-order valence-corrected chi connectivity index (χ3v) is 7.89. The highest BCUT2D eigenvalue weighted by Crippen LogP contribution is 2.48. The van der Waals surface area contributed by atoms with Crippen LogP contribution in [0, 0.1) is 29.4 Å². The first-order chi connectivity index (χ1) is 18.0. The van der Waals surface area contributed by atoms with Crippen LogP contribution in [0.2, 0.25) is 0 Å². The summed E-state index contributed by atoms with van der Waals surface area (Å²) >= 11 is 0. The van der Waals surface area contributed by atoms with Crippen LogP contribution < -0.4 is 5.73 Å². The minimum absolute atomic E-state index is 0.0873. The van der Waals surface area contributed by atoms with E-state index in [-0.39, 0.29) is 27.7 Å². The Hall–Kier alpha value is -4.19. The lowest BCUT2D eigenvalue weighted by Gasteiger charge is -2.35. The van der Waals surface area contributed by atoms with Gasteiger partial charge in [-0.15, -0.1) is 0 Å². The number of nitrogens with two attached hydrogens (primary N) is 1. The average Bonchev–Trinajstić information content (AvgIpc) is 3.34. The number of hydrogen-bond donors (Lipinski definition) is 1. The summed E-state index contributed by atoms with van der Waals surface area (Å²) in [5.41, 5.74) is 12.0. The molecule has 6 heteroatoms. The van der Waals surface area contributed by atoms with E-state index in [9.17, 15) is 14.9 Å². The van der Waals surface area contributed by atoms with Gasteiger partial charge in [-0.2, -0.15) is 0 Å². The molecule has 1 aromatic heterocycles. The number of nitrogen functional groups attached to an aromatic ring is 1. The number of anilines is 1.